The number of nitrogens with two attached hydrogens (primary N) is 1. The summed E-state index contributed by atoms with van der Waals surface area (Å²) in [6, 6.07) is 16.7. The monoisotopic (exact) mass is 279 g/mol. The average Bonchev–Trinajstić information content (AvgIpc) is 2.49. The van der Waals surface area contributed by atoms with Gasteiger partial charge >= 0.3 is 0 Å². The maximum Gasteiger partial charge on any atom is 0.227 e. The highest BCUT2D eigenvalue weighted by Gasteiger charge is 2.11. The van der Waals surface area contributed by atoms with Gasteiger partial charge in [-0.2, -0.15) is 5.26 Å². The lowest BCUT2D eigenvalue weighted by Gasteiger charge is -2.18. The summed E-state index contributed by atoms with van der Waals surface area (Å²) in [6.45, 7) is 0.473. The summed E-state index contributed by atoms with van der Waals surface area (Å²) in [4.78, 5) is 13.9. The Morgan fingerprint density at radius 2 is 2.00 bits per heavy atom. The van der Waals surface area contributed by atoms with Gasteiger partial charge in [0.05, 0.1) is 18.1 Å². The molecule has 0 bridgehead atoms. The molecule has 0 aliphatic carbocycles. The van der Waals surface area contributed by atoms with Crippen molar-refractivity contribution in [3.05, 3.63) is 65.2 Å². The summed E-state index contributed by atoms with van der Waals surface area (Å²) in [6.07, 6.45) is 0.279. The number of likely N-dealkylation sites (N-methyl/N-ethyl adjacent to an activating group) is 1. The van der Waals surface area contributed by atoms with Crippen LogP contribution in [-0.4, -0.2) is 17.9 Å². The third-order valence-corrected chi connectivity index (χ3v) is 3.30. The van der Waals surface area contributed by atoms with E-state index in [4.69, 9.17) is 11.0 Å². The first kappa shape index (κ1) is 14.6. The molecule has 4 nitrogen and oxygen atoms in total. The first-order valence-corrected chi connectivity index (χ1v) is 6.66. The van der Waals surface area contributed by atoms with Crippen LogP contribution in [0.1, 0.15) is 16.7 Å². The molecule has 0 atom stereocenters. The highest BCUT2D eigenvalue weighted by molar-refractivity contribution is 5.80. The van der Waals surface area contributed by atoms with Gasteiger partial charge in [-0.15, -0.1) is 0 Å². The van der Waals surface area contributed by atoms with Crippen molar-refractivity contribution in [2.45, 2.75) is 13.0 Å². The maximum atomic E-state index is 12.2. The van der Waals surface area contributed by atoms with Crippen molar-refractivity contribution < 1.29 is 4.79 Å². The minimum atomic E-state index is -0.00439. The SMILES string of the molecule is CN(Cc1cccc(C#N)c1)C(=O)Cc1ccccc1N. The van der Waals surface area contributed by atoms with Crippen LogP contribution in [0.5, 0.6) is 0 Å². The summed E-state index contributed by atoms with van der Waals surface area (Å²) in [5.41, 5.74) is 8.85. The minimum absolute atomic E-state index is 0.00439. The molecule has 2 aromatic carbocycles. The first-order chi connectivity index (χ1) is 10.1. The van der Waals surface area contributed by atoms with Gasteiger partial charge in [0, 0.05) is 19.3 Å². The average molecular weight is 279 g/mol. The first-order valence-electron chi connectivity index (χ1n) is 6.66. The van der Waals surface area contributed by atoms with Crippen LogP contribution in [0.2, 0.25) is 0 Å². The maximum absolute atomic E-state index is 12.2. The second-order valence-electron chi connectivity index (χ2n) is 4.94. The smallest absolute Gasteiger partial charge is 0.227 e. The Bertz CT molecular complexity index is 688. The van der Waals surface area contributed by atoms with Crippen LogP contribution in [0.4, 0.5) is 5.69 Å². The summed E-state index contributed by atoms with van der Waals surface area (Å²) in [7, 11) is 1.75. The second-order valence-corrected chi connectivity index (χ2v) is 4.94. The van der Waals surface area contributed by atoms with Gasteiger partial charge in [0.2, 0.25) is 5.91 Å². The topological polar surface area (TPSA) is 70.1 Å². The van der Waals surface area contributed by atoms with Crippen LogP contribution in [0, 0.1) is 11.3 Å². The fourth-order valence-electron chi connectivity index (χ4n) is 2.09. The van der Waals surface area contributed by atoms with E-state index >= 15 is 0 Å². The molecule has 0 aliphatic heterocycles. The molecule has 0 aromatic heterocycles. The Labute approximate surface area is 124 Å². The number of amides is 1. The van der Waals surface area contributed by atoms with Crippen molar-refractivity contribution in [1.29, 1.82) is 5.26 Å². The summed E-state index contributed by atoms with van der Waals surface area (Å²) in [5.74, 6) is -0.00439. The van der Waals surface area contributed by atoms with E-state index in [-0.39, 0.29) is 12.3 Å². The molecule has 2 rings (SSSR count). The Morgan fingerprint density at radius 3 is 2.71 bits per heavy atom. The Kier molecular flexibility index (Phi) is 4.57. The molecular formula is C17H17N3O. The van der Waals surface area contributed by atoms with Crippen molar-refractivity contribution in [3.63, 3.8) is 0 Å². The summed E-state index contributed by atoms with van der Waals surface area (Å²) in [5, 5.41) is 8.89. The molecule has 106 valence electrons. The van der Waals surface area contributed by atoms with Crippen LogP contribution in [0.15, 0.2) is 48.5 Å². The zero-order valence-electron chi connectivity index (χ0n) is 11.9. The van der Waals surface area contributed by atoms with E-state index < -0.39 is 0 Å². The van der Waals surface area contributed by atoms with E-state index in [0.717, 1.165) is 11.1 Å². The van der Waals surface area contributed by atoms with Crippen molar-refractivity contribution in [3.8, 4) is 6.07 Å². The lowest BCUT2D eigenvalue weighted by Crippen LogP contribution is -2.28. The number of hydrogen-bond acceptors (Lipinski definition) is 3. The number of carbonyl (C=O) groups is 1. The van der Waals surface area contributed by atoms with Gasteiger partial charge in [-0.25, -0.2) is 0 Å². The number of nitrogens with zero attached hydrogens (tertiary/aromatic N) is 2. The molecule has 4 heteroatoms. The molecule has 0 fully saturated rings. The second kappa shape index (κ2) is 6.58. The molecule has 0 saturated heterocycles. The van der Waals surface area contributed by atoms with Gasteiger partial charge in [0.1, 0.15) is 0 Å². The lowest BCUT2D eigenvalue weighted by molar-refractivity contribution is -0.129. The standard InChI is InChI=1S/C17H17N3O/c1-20(12-14-6-4-5-13(9-14)11-18)17(21)10-15-7-2-3-8-16(15)19/h2-9H,10,12,19H2,1H3. The van der Waals surface area contributed by atoms with E-state index in [1.165, 1.54) is 0 Å². The molecular weight excluding hydrogens is 262 g/mol. The molecule has 0 radical (unpaired) electrons. The minimum Gasteiger partial charge on any atom is -0.398 e. The third kappa shape index (κ3) is 3.83. The zero-order chi connectivity index (χ0) is 15.2. The molecule has 2 aromatic rings. The van der Waals surface area contributed by atoms with Crippen molar-refractivity contribution in [2.24, 2.45) is 0 Å². The van der Waals surface area contributed by atoms with Crippen molar-refractivity contribution in [2.75, 3.05) is 12.8 Å². The number of hydrogen-bond donors (Lipinski definition) is 1. The van der Waals surface area contributed by atoms with E-state index in [1.54, 1.807) is 30.1 Å². The van der Waals surface area contributed by atoms with E-state index in [0.29, 0.717) is 17.8 Å². The fraction of sp³-hybridized carbons (Fsp3) is 0.176. The van der Waals surface area contributed by atoms with Crippen LogP contribution < -0.4 is 5.73 Å². The fourth-order valence-corrected chi connectivity index (χ4v) is 2.09. The van der Waals surface area contributed by atoms with Gasteiger partial charge < -0.3 is 10.6 Å². The van der Waals surface area contributed by atoms with E-state index in [2.05, 4.69) is 6.07 Å². The highest BCUT2D eigenvalue weighted by Crippen LogP contribution is 2.13. The van der Waals surface area contributed by atoms with Gasteiger partial charge in [-0.05, 0) is 29.3 Å². The zero-order valence-corrected chi connectivity index (χ0v) is 11.9. The Balaban J connectivity index is 2.03. The molecule has 0 heterocycles. The summed E-state index contributed by atoms with van der Waals surface area (Å²) >= 11 is 0. The molecule has 21 heavy (non-hydrogen) atoms. The van der Waals surface area contributed by atoms with E-state index in [1.807, 2.05) is 30.3 Å². The number of nitrogen functional groups attached to an aromatic ring is 1. The van der Waals surface area contributed by atoms with E-state index in [9.17, 15) is 4.79 Å². The number of nitriles is 1. The third-order valence-electron chi connectivity index (χ3n) is 3.30. The van der Waals surface area contributed by atoms with Gasteiger partial charge in [-0.3, -0.25) is 4.79 Å². The van der Waals surface area contributed by atoms with Crippen LogP contribution in [0.3, 0.4) is 0 Å². The normalized spacial score (nSPS) is 9.90. The number of para-hydroxylation sites is 1. The number of benzene rings is 2. The molecule has 0 unspecified atom stereocenters. The lowest BCUT2D eigenvalue weighted by atomic mass is 10.1. The Hall–Kier alpha value is -2.80. The van der Waals surface area contributed by atoms with Crippen molar-refractivity contribution in [1.82, 2.24) is 4.90 Å². The Morgan fingerprint density at radius 1 is 1.24 bits per heavy atom. The number of carbonyl (C=O) groups excluding carboxylic acids is 1. The van der Waals surface area contributed by atoms with Gasteiger partial charge in [-0.1, -0.05) is 30.3 Å². The number of rotatable bonds is 4. The summed E-state index contributed by atoms with van der Waals surface area (Å²) < 4.78 is 0. The molecule has 1 amide bonds. The van der Waals surface area contributed by atoms with Crippen LogP contribution in [-0.2, 0) is 17.8 Å². The molecule has 0 saturated carbocycles. The predicted molar refractivity (Wildman–Crippen MR) is 82.2 cm³/mol. The van der Waals surface area contributed by atoms with Crippen LogP contribution in [0.25, 0.3) is 0 Å². The number of anilines is 1. The largest absolute Gasteiger partial charge is 0.398 e. The quantitative estimate of drug-likeness (QED) is 0.873. The highest BCUT2D eigenvalue weighted by atomic mass is 16.2. The van der Waals surface area contributed by atoms with Gasteiger partial charge in [0.25, 0.3) is 0 Å². The molecule has 2 N–H and O–H groups in total. The molecule has 0 spiro atoms. The van der Waals surface area contributed by atoms with Gasteiger partial charge in [0.15, 0.2) is 0 Å². The van der Waals surface area contributed by atoms with Crippen molar-refractivity contribution >= 4 is 11.6 Å². The molecule has 0 aliphatic rings. The van der Waals surface area contributed by atoms with Crippen LogP contribution >= 0.6 is 0 Å². The predicted octanol–water partition coefficient (Wildman–Crippen LogP) is 2.34.